The number of aromatic nitrogens is 3. The lowest BCUT2D eigenvalue weighted by Gasteiger charge is -2.06. The smallest absolute Gasteiger partial charge is 0.284 e. The third-order valence-electron chi connectivity index (χ3n) is 4.96. The zero-order chi connectivity index (χ0) is 21.4. The van der Waals surface area contributed by atoms with E-state index in [2.05, 4.69) is 31.1 Å². The van der Waals surface area contributed by atoms with Gasteiger partial charge in [0.05, 0.1) is 16.6 Å². The van der Waals surface area contributed by atoms with Gasteiger partial charge in [0.25, 0.3) is 5.91 Å². The summed E-state index contributed by atoms with van der Waals surface area (Å²) in [7, 11) is 0. The zero-order valence-corrected chi connectivity index (χ0v) is 17.7. The molecule has 8 heteroatoms. The van der Waals surface area contributed by atoms with E-state index >= 15 is 0 Å². The highest BCUT2D eigenvalue weighted by atomic mass is 79.9. The summed E-state index contributed by atoms with van der Waals surface area (Å²) in [4.78, 5) is 20.3. The number of H-pyrrole nitrogens is 1. The Kier molecular flexibility index (Phi) is 4.83. The number of rotatable bonds is 4. The molecule has 152 valence electrons. The lowest BCUT2D eigenvalue weighted by Crippen LogP contribution is -2.08. The molecule has 0 aliphatic heterocycles. The monoisotopic (exact) mass is 473 g/mol. The summed E-state index contributed by atoms with van der Waals surface area (Å²) in [5, 5.41) is 18.7. The number of para-hydroxylation sites is 2. The number of hydrogen-bond acceptors (Lipinski definition) is 4. The first kappa shape index (κ1) is 19.2. The molecule has 0 atom stereocenters. The maximum atomic E-state index is 12.7. The van der Waals surface area contributed by atoms with E-state index in [0.717, 1.165) is 21.1 Å². The van der Waals surface area contributed by atoms with Crippen LogP contribution in [0.1, 0.15) is 0 Å². The van der Waals surface area contributed by atoms with E-state index in [1.54, 1.807) is 6.07 Å². The van der Waals surface area contributed by atoms with Gasteiger partial charge >= 0.3 is 0 Å². The molecule has 0 spiro atoms. The molecule has 0 aliphatic carbocycles. The van der Waals surface area contributed by atoms with Crippen LogP contribution in [0, 0.1) is 0 Å². The number of nitrogens with one attached hydrogen (secondary N) is 1. The highest BCUT2D eigenvalue weighted by Crippen LogP contribution is 2.36. The average molecular weight is 474 g/mol. The van der Waals surface area contributed by atoms with Gasteiger partial charge in [0.2, 0.25) is 5.88 Å². The first-order valence-corrected chi connectivity index (χ1v) is 10.3. The average Bonchev–Trinajstić information content (AvgIpc) is 3.30. The SMILES string of the molecule is O=C(Cn1c(-c2ccccc2)nc2ccccc21)N=Nc1c(O)[nH]c2ccc(Br)cc12. The predicted octanol–water partition coefficient (Wildman–Crippen LogP) is 5.96. The van der Waals surface area contributed by atoms with Gasteiger partial charge in [-0.25, -0.2) is 4.98 Å². The largest absolute Gasteiger partial charge is 0.493 e. The highest BCUT2D eigenvalue weighted by Gasteiger charge is 2.16. The molecule has 0 radical (unpaired) electrons. The van der Waals surface area contributed by atoms with Crippen molar-refractivity contribution in [2.24, 2.45) is 10.2 Å². The Morgan fingerprint density at radius 2 is 1.84 bits per heavy atom. The summed E-state index contributed by atoms with van der Waals surface area (Å²) in [5.74, 6) is 0.0935. The number of aromatic hydroxyl groups is 1. The van der Waals surface area contributed by atoms with E-state index in [-0.39, 0.29) is 18.1 Å². The van der Waals surface area contributed by atoms with E-state index < -0.39 is 5.91 Å². The van der Waals surface area contributed by atoms with Crippen molar-refractivity contribution in [1.82, 2.24) is 14.5 Å². The summed E-state index contributed by atoms with van der Waals surface area (Å²) in [6.07, 6.45) is 0. The molecule has 0 bridgehead atoms. The van der Waals surface area contributed by atoms with E-state index in [1.807, 2.05) is 71.3 Å². The number of amides is 1. The van der Waals surface area contributed by atoms with Crippen molar-refractivity contribution in [3.63, 3.8) is 0 Å². The molecular weight excluding hydrogens is 458 g/mol. The van der Waals surface area contributed by atoms with Gasteiger partial charge in [0.15, 0.2) is 5.69 Å². The Bertz CT molecular complexity index is 1450. The Balaban J connectivity index is 1.50. The Hall–Kier alpha value is -3.78. The summed E-state index contributed by atoms with van der Waals surface area (Å²) < 4.78 is 2.66. The van der Waals surface area contributed by atoms with Gasteiger partial charge in [0, 0.05) is 15.4 Å². The van der Waals surface area contributed by atoms with Crippen LogP contribution in [-0.4, -0.2) is 25.5 Å². The molecular formula is C23H16BrN5O2. The molecule has 3 aromatic carbocycles. The number of halogens is 1. The number of nitrogens with zero attached hydrogens (tertiary/aromatic N) is 4. The molecule has 0 saturated carbocycles. The number of carbonyl (C=O) groups is 1. The fraction of sp³-hybridized carbons (Fsp3) is 0.0435. The van der Waals surface area contributed by atoms with Crippen molar-refractivity contribution in [2.45, 2.75) is 6.54 Å². The molecule has 1 amide bonds. The van der Waals surface area contributed by atoms with Gasteiger partial charge in [-0.3, -0.25) is 4.79 Å². The molecule has 0 unspecified atom stereocenters. The molecule has 5 rings (SSSR count). The number of imidazole rings is 1. The number of aromatic amines is 1. The van der Waals surface area contributed by atoms with Crippen LogP contribution in [0.4, 0.5) is 5.69 Å². The van der Waals surface area contributed by atoms with Crippen molar-refractivity contribution in [3.8, 4) is 17.3 Å². The van der Waals surface area contributed by atoms with Gasteiger partial charge in [-0.1, -0.05) is 58.4 Å². The summed E-state index contributed by atoms with van der Waals surface area (Å²) in [5.41, 5.74) is 3.47. The van der Waals surface area contributed by atoms with Crippen molar-refractivity contribution in [3.05, 3.63) is 77.3 Å². The number of fused-ring (bicyclic) bond motifs is 2. The minimum Gasteiger partial charge on any atom is -0.493 e. The van der Waals surface area contributed by atoms with Gasteiger partial charge in [0.1, 0.15) is 12.4 Å². The lowest BCUT2D eigenvalue weighted by atomic mass is 10.2. The number of hydrogen-bond donors (Lipinski definition) is 2. The maximum absolute atomic E-state index is 12.7. The predicted molar refractivity (Wildman–Crippen MR) is 122 cm³/mol. The Morgan fingerprint density at radius 3 is 2.68 bits per heavy atom. The molecule has 0 fully saturated rings. The Labute approximate surface area is 185 Å². The number of carbonyl (C=O) groups excluding carboxylic acids is 1. The summed E-state index contributed by atoms with van der Waals surface area (Å²) in [6, 6.07) is 22.8. The summed E-state index contributed by atoms with van der Waals surface area (Å²) in [6.45, 7) is -0.0267. The number of benzene rings is 3. The van der Waals surface area contributed by atoms with E-state index in [4.69, 9.17) is 4.98 Å². The second kappa shape index (κ2) is 7.81. The molecule has 31 heavy (non-hydrogen) atoms. The van der Waals surface area contributed by atoms with Crippen LogP contribution in [0.3, 0.4) is 0 Å². The molecule has 0 saturated heterocycles. The van der Waals surface area contributed by atoms with E-state index in [9.17, 15) is 9.90 Å². The maximum Gasteiger partial charge on any atom is 0.284 e. The first-order valence-electron chi connectivity index (χ1n) is 9.55. The second-order valence-corrected chi connectivity index (χ2v) is 7.90. The van der Waals surface area contributed by atoms with Crippen LogP contribution in [-0.2, 0) is 11.3 Å². The fourth-order valence-electron chi connectivity index (χ4n) is 3.55. The molecule has 2 heterocycles. The third-order valence-corrected chi connectivity index (χ3v) is 5.45. The van der Waals surface area contributed by atoms with Crippen LogP contribution >= 0.6 is 15.9 Å². The van der Waals surface area contributed by atoms with Crippen molar-refractivity contribution >= 4 is 49.5 Å². The van der Waals surface area contributed by atoms with Crippen LogP contribution in [0.25, 0.3) is 33.3 Å². The highest BCUT2D eigenvalue weighted by molar-refractivity contribution is 9.10. The number of azo groups is 1. The molecule has 2 aromatic heterocycles. The third kappa shape index (κ3) is 3.62. The quantitative estimate of drug-likeness (QED) is 0.315. The van der Waals surface area contributed by atoms with Gasteiger partial charge < -0.3 is 14.7 Å². The minimum absolute atomic E-state index is 0.0267. The van der Waals surface area contributed by atoms with E-state index in [1.165, 1.54) is 0 Å². The molecule has 2 N–H and O–H groups in total. The molecule has 0 aliphatic rings. The van der Waals surface area contributed by atoms with Gasteiger partial charge in [-0.2, -0.15) is 0 Å². The first-order chi connectivity index (χ1) is 15.1. The normalized spacial score (nSPS) is 11.6. The second-order valence-electron chi connectivity index (χ2n) is 6.98. The van der Waals surface area contributed by atoms with Gasteiger partial charge in [-0.15, -0.1) is 10.2 Å². The van der Waals surface area contributed by atoms with Crippen molar-refractivity contribution < 1.29 is 9.90 Å². The summed E-state index contributed by atoms with van der Waals surface area (Å²) >= 11 is 3.40. The fourth-order valence-corrected chi connectivity index (χ4v) is 3.91. The topological polar surface area (TPSA) is 95.6 Å². The van der Waals surface area contributed by atoms with Crippen LogP contribution < -0.4 is 0 Å². The van der Waals surface area contributed by atoms with Crippen LogP contribution in [0.2, 0.25) is 0 Å². The molecule has 7 nitrogen and oxygen atoms in total. The lowest BCUT2D eigenvalue weighted by molar-refractivity contribution is -0.118. The van der Waals surface area contributed by atoms with Crippen molar-refractivity contribution in [1.29, 1.82) is 0 Å². The molecule has 5 aromatic rings. The zero-order valence-electron chi connectivity index (χ0n) is 16.2. The Morgan fingerprint density at radius 1 is 1.06 bits per heavy atom. The van der Waals surface area contributed by atoms with Crippen molar-refractivity contribution in [2.75, 3.05) is 0 Å². The van der Waals surface area contributed by atoms with Crippen LogP contribution in [0.15, 0.2) is 87.5 Å². The standard InChI is InChI=1S/C23H16BrN5O2/c24-15-10-11-17-16(12-15)21(23(31)26-17)28-27-20(30)13-29-19-9-5-4-8-18(19)25-22(29)14-6-2-1-3-7-14/h1-12,26,31H,13H2. The van der Waals surface area contributed by atoms with Gasteiger partial charge in [-0.05, 0) is 30.3 Å². The van der Waals surface area contributed by atoms with Crippen LogP contribution in [0.5, 0.6) is 5.88 Å². The minimum atomic E-state index is -0.455. The van der Waals surface area contributed by atoms with E-state index in [0.29, 0.717) is 16.7 Å².